The van der Waals surface area contributed by atoms with Gasteiger partial charge >= 0.3 is 0 Å². The van der Waals surface area contributed by atoms with Crippen LogP contribution < -0.4 is 0 Å². The smallest absolute Gasteiger partial charge is 0.135 e. The lowest BCUT2D eigenvalue weighted by Crippen LogP contribution is -1.93. The molecule has 1 fully saturated rings. The van der Waals surface area contributed by atoms with Gasteiger partial charge in [-0.25, -0.2) is 0 Å². The third-order valence-corrected chi connectivity index (χ3v) is 3.28. The van der Waals surface area contributed by atoms with Crippen molar-refractivity contribution in [1.29, 1.82) is 5.26 Å². The van der Waals surface area contributed by atoms with Gasteiger partial charge in [-0.15, -0.1) is 0 Å². The van der Waals surface area contributed by atoms with Gasteiger partial charge in [-0.2, -0.15) is 5.26 Å². The van der Waals surface area contributed by atoms with Crippen LogP contribution in [0.15, 0.2) is 28.9 Å². The lowest BCUT2D eigenvalue weighted by molar-refractivity contribution is 0.582. The van der Waals surface area contributed by atoms with Gasteiger partial charge in [0.05, 0.1) is 11.8 Å². The first-order valence-corrected chi connectivity index (χ1v) is 5.91. The van der Waals surface area contributed by atoms with Gasteiger partial charge in [-0.1, -0.05) is 12.2 Å². The molecule has 4 heteroatoms. The third-order valence-electron chi connectivity index (χ3n) is 2.97. The molecule has 84 valence electrons. The fourth-order valence-corrected chi connectivity index (χ4v) is 2.20. The Kier molecular flexibility index (Phi) is 2.34. The molecule has 0 amide bonds. The minimum atomic E-state index is 0.486. The molecule has 3 nitrogen and oxygen atoms in total. The van der Waals surface area contributed by atoms with E-state index in [1.54, 1.807) is 6.26 Å². The highest BCUT2D eigenvalue weighted by Gasteiger charge is 2.26. The van der Waals surface area contributed by atoms with Gasteiger partial charge in [-0.05, 0) is 37.0 Å². The van der Waals surface area contributed by atoms with E-state index in [0.717, 1.165) is 11.3 Å². The number of nitriles is 1. The Labute approximate surface area is 104 Å². The minimum absolute atomic E-state index is 0.486. The highest BCUT2D eigenvalue weighted by atomic mass is 32.1. The van der Waals surface area contributed by atoms with Crippen LogP contribution in [0.3, 0.4) is 0 Å². The van der Waals surface area contributed by atoms with Crippen molar-refractivity contribution in [2.75, 3.05) is 0 Å². The Hall–Kier alpha value is -1.86. The maximum absolute atomic E-state index is 9.16. The minimum Gasteiger partial charge on any atom is -0.464 e. The van der Waals surface area contributed by atoms with Gasteiger partial charge in [0.15, 0.2) is 0 Å². The van der Waals surface area contributed by atoms with Gasteiger partial charge in [-0.3, -0.25) is 0 Å². The van der Waals surface area contributed by atoms with Crippen molar-refractivity contribution in [2.45, 2.75) is 18.8 Å². The van der Waals surface area contributed by atoms with Crippen LogP contribution in [0.4, 0.5) is 0 Å². The molecule has 1 saturated carbocycles. The van der Waals surface area contributed by atoms with Gasteiger partial charge in [0.25, 0.3) is 0 Å². The molecule has 2 aromatic heterocycles. The number of nitrogens with one attached hydrogen (secondary N) is 1. The molecule has 3 rings (SSSR count). The van der Waals surface area contributed by atoms with Gasteiger partial charge in [0.1, 0.15) is 16.5 Å². The molecular weight excluding hydrogens is 232 g/mol. The Morgan fingerprint density at radius 2 is 2.29 bits per heavy atom. The predicted octanol–water partition coefficient (Wildman–Crippen LogP) is 3.75. The molecule has 0 radical (unpaired) electrons. The first kappa shape index (κ1) is 10.3. The van der Waals surface area contributed by atoms with Crippen molar-refractivity contribution in [3.8, 4) is 17.4 Å². The van der Waals surface area contributed by atoms with Crippen molar-refractivity contribution in [1.82, 2.24) is 4.98 Å². The molecular formula is C13H10N2OS. The maximum atomic E-state index is 9.16. The Balaban J connectivity index is 2.24. The van der Waals surface area contributed by atoms with Crippen LogP contribution in [-0.2, 0) is 0 Å². The second kappa shape index (κ2) is 3.86. The standard InChI is InChI=1S/C13H10N2OS/c14-7-10-9(12-2-1-5-16-12)6-11(8-3-4-8)15-13(10)17/h1-2,5-6,8H,3-4H2,(H,15,17). The second-order valence-electron chi connectivity index (χ2n) is 4.21. The highest BCUT2D eigenvalue weighted by molar-refractivity contribution is 7.71. The Morgan fingerprint density at radius 1 is 1.47 bits per heavy atom. The van der Waals surface area contributed by atoms with Crippen molar-refractivity contribution >= 4 is 12.2 Å². The number of furan rings is 1. The Morgan fingerprint density at radius 3 is 2.88 bits per heavy atom. The van der Waals surface area contributed by atoms with Crippen LogP contribution in [-0.4, -0.2) is 4.98 Å². The van der Waals surface area contributed by atoms with Crippen molar-refractivity contribution < 1.29 is 4.42 Å². The lowest BCUT2D eigenvalue weighted by atomic mass is 10.1. The van der Waals surface area contributed by atoms with Gasteiger partial charge in [0, 0.05) is 11.3 Å². The monoisotopic (exact) mass is 242 g/mol. The van der Waals surface area contributed by atoms with E-state index in [2.05, 4.69) is 11.1 Å². The first-order valence-electron chi connectivity index (χ1n) is 5.51. The second-order valence-corrected chi connectivity index (χ2v) is 4.61. The number of hydrogen-bond donors (Lipinski definition) is 1. The van der Waals surface area contributed by atoms with Crippen LogP contribution in [0.2, 0.25) is 0 Å². The molecule has 1 aliphatic carbocycles. The summed E-state index contributed by atoms with van der Waals surface area (Å²) in [5, 5.41) is 9.16. The molecule has 0 saturated heterocycles. The summed E-state index contributed by atoms with van der Waals surface area (Å²) >= 11 is 5.23. The van der Waals surface area contributed by atoms with Crippen LogP contribution in [0, 0.1) is 16.0 Å². The summed E-state index contributed by atoms with van der Waals surface area (Å²) in [4.78, 5) is 3.14. The summed E-state index contributed by atoms with van der Waals surface area (Å²) in [7, 11) is 0. The maximum Gasteiger partial charge on any atom is 0.135 e. The van der Waals surface area contributed by atoms with E-state index in [-0.39, 0.29) is 0 Å². The van der Waals surface area contributed by atoms with Gasteiger partial charge in [0.2, 0.25) is 0 Å². The predicted molar refractivity (Wildman–Crippen MR) is 66.0 cm³/mol. The fraction of sp³-hybridized carbons (Fsp3) is 0.231. The zero-order chi connectivity index (χ0) is 11.8. The Bertz CT molecular complexity index is 645. The molecule has 0 aromatic carbocycles. The fourth-order valence-electron chi connectivity index (χ4n) is 1.93. The molecule has 1 N–H and O–H groups in total. The molecule has 2 heterocycles. The zero-order valence-corrected chi connectivity index (χ0v) is 9.88. The molecule has 0 atom stereocenters. The van der Waals surface area contributed by atoms with E-state index in [4.69, 9.17) is 21.9 Å². The molecule has 0 aliphatic heterocycles. The van der Waals surface area contributed by atoms with Crippen molar-refractivity contribution in [3.63, 3.8) is 0 Å². The number of pyridine rings is 1. The van der Waals surface area contributed by atoms with Crippen LogP contribution in [0.1, 0.15) is 30.0 Å². The van der Waals surface area contributed by atoms with E-state index in [9.17, 15) is 0 Å². The van der Waals surface area contributed by atoms with E-state index in [1.165, 1.54) is 12.8 Å². The summed E-state index contributed by atoms with van der Waals surface area (Å²) in [6, 6.07) is 7.80. The summed E-state index contributed by atoms with van der Waals surface area (Å²) in [6.45, 7) is 0. The highest BCUT2D eigenvalue weighted by Crippen LogP contribution is 2.40. The normalized spacial score (nSPS) is 14.5. The molecule has 0 unspecified atom stereocenters. The van der Waals surface area contributed by atoms with E-state index in [0.29, 0.717) is 21.9 Å². The van der Waals surface area contributed by atoms with Gasteiger partial charge < -0.3 is 9.40 Å². The number of hydrogen-bond acceptors (Lipinski definition) is 3. The molecule has 0 bridgehead atoms. The first-order chi connectivity index (χ1) is 8.29. The lowest BCUT2D eigenvalue weighted by Gasteiger charge is -2.05. The number of H-pyrrole nitrogens is 1. The summed E-state index contributed by atoms with van der Waals surface area (Å²) in [5.41, 5.74) is 2.39. The molecule has 0 spiro atoms. The molecule has 1 aliphatic rings. The van der Waals surface area contributed by atoms with Crippen LogP contribution >= 0.6 is 12.2 Å². The number of aromatic amines is 1. The van der Waals surface area contributed by atoms with Crippen molar-refractivity contribution in [3.05, 3.63) is 40.4 Å². The quantitative estimate of drug-likeness (QED) is 0.816. The number of nitrogens with zero attached hydrogens (tertiary/aromatic N) is 1. The molecule has 17 heavy (non-hydrogen) atoms. The molecule has 2 aromatic rings. The number of aromatic nitrogens is 1. The zero-order valence-electron chi connectivity index (χ0n) is 9.06. The average Bonchev–Trinajstić information content (AvgIpc) is 3.04. The van der Waals surface area contributed by atoms with E-state index >= 15 is 0 Å². The largest absolute Gasteiger partial charge is 0.464 e. The number of rotatable bonds is 2. The summed E-state index contributed by atoms with van der Waals surface area (Å²) in [6.07, 6.45) is 3.98. The van der Waals surface area contributed by atoms with E-state index in [1.807, 2.05) is 18.2 Å². The van der Waals surface area contributed by atoms with Crippen molar-refractivity contribution in [2.24, 2.45) is 0 Å². The van der Waals surface area contributed by atoms with Crippen LogP contribution in [0.5, 0.6) is 0 Å². The van der Waals surface area contributed by atoms with E-state index < -0.39 is 0 Å². The van der Waals surface area contributed by atoms with Crippen LogP contribution in [0.25, 0.3) is 11.3 Å². The third kappa shape index (κ3) is 1.79. The summed E-state index contributed by atoms with van der Waals surface area (Å²) in [5.74, 6) is 1.27. The summed E-state index contributed by atoms with van der Waals surface area (Å²) < 4.78 is 5.86. The SMILES string of the molecule is N#Cc1c(-c2ccco2)cc(C2CC2)[nH]c1=S. The average molecular weight is 242 g/mol. The topological polar surface area (TPSA) is 52.7 Å².